The van der Waals surface area contributed by atoms with E-state index in [1.54, 1.807) is 4.90 Å². The maximum absolute atomic E-state index is 12.7. The molecule has 0 aliphatic heterocycles. The number of carbonyl (C=O) groups excluding carboxylic acids is 1. The number of nitrogens with zero attached hydrogens (tertiary/aromatic N) is 3. The second-order valence-electron chi connectivity index (χ2n) is 5.87. The van der Waals surface area contributed by atoms with E-state index in [2.05, 4.69) is 36.3 Å². The predicted molar refractivity (Wildman–Crippen MR) is 94.9 cm³/mol. The van der Waals surface area contributed by atoms with Gasteiger partial charge >= 0.3 is 0 Å². The van der Waals surface area contributed by atoms with E-state index in [-0.39, 0.29) is 5.91 Å². The summed E-state index contributed by atoms with van der Waals surface area (Å²) >= 11 is 1.51. The topological polar surface area (TPSA) is 38.1 Å². The van der Waals surface area contributed by atoms with E-state index in [9.17, 15) is 4.79 Å². The SMILES string of the molecule is CCc1ccc(CN(C)C(=O)c2cc3c(C)nn(C)c3s2)cc1. The van der Waals surface area contributed by atoms with Crippen molar-refractivity contribution in [2.75, 3.05) is 7.05 Å². The molecule has 0 saturated carbocycles. The van der Waals surface area contributed by atoms with Gasteiger partial charge in [0.05, 0.1) is 10.6 Å². The van der Waals surface area contributed by atoms with Gasteiger partial charge in [-0.25, -0.2) is 0 Å². The number of carbonyl (C=O) groups is 1. The van der Waals surface area contributed by atoms with Crippen LogP contribution in [0.3, 0.4) is 0 Å². The van der Waals surface area contributed by atoms with E-state index in [1.807, 2.05) is 31.8 Å². The highest BCUT2D eigenvalue weighted by Crippen LogP contribution is 2.28. The van der Waals surface area contributed by atoms with E-state index in [0.29, 0.717) is 6.54 Å². The molecule has 3 aromatic rings. The fourth-order valence-electron chi connectivity index (χ4n) is 2.72. The average molecular weight is 327 g/mol. The molecule has 1 aromatic carbocycles. The Kier molecular flexibility index (Phi) is 4.22. The minimum Gasteiger partial charge on any atom is -0.337 e. The van der Waals surface area contributed by atoms with Gasteiger partial charge in [-0.05, 0) is 30.5 Å². The number of hydrogen-bond acceptors (Lipinski definition) is 3. The zero-order chi connectivity index (χ0) is 16.6. The lowest BCUT2D eigenvalue weighted by Gasteiger charge is -2.16. The summed E-state index contributed by atoms with van der Waals surface area (Å²) in [4.78, 5) is 16.3. The number of aromatic nitrogens is 2. The first-order valence-corrected chi connectivity index (χ1v) is 8.57. The van der Waals surface area contributed by atoms with Gasteiger partial charge in [0.25, 0.3) is 5.91 Å². The Morgan fingerprint density at radius 1 is 1.26 bits per heavy atom. The average Bonchev–Trinajstić information content (AvgIpc) is 3.09. The smallest absolute Gasteiger partial charge is 0.264 e. The minimum absolute atomic E-state index is 0.0603. The van der Waals surface area contributed by atoms with Gasteiger partial charge in [-0.2, -0.15) is 5.10 Å². The number of hydrogen-bond donors (Lipinski definition) is 0. The van der Waals surface area contributed by atoms with E-state index in [4.69, 9.17) is 0 Å². The second kappa shape index (κ2) is 6.16. The molecule has 2 heterocycles. The lowest BCUT2D eigenvalue weighted by molar-refractivity contribution is 0.0790. The normalized spacial score (nSPS) is 11.1. The molecule has 0 aliphatic carbocycles. The Balaban J connectivity index is 1.78. The van der Waals surface area contributed by atoms with Gasteiger partial charge in [-0.3, -0.25) is 9.48 Å². The van der Waals surface area contributed by atoms with Crippen molar-refractivity contribution in [3.63, 3.8) is 0 Å². The van der Waals surface area contributed by atoms with Crippen LogP contribution in [0.15, 0.2) is 30.3 Å². The molecule has 0 aliphatic rings. The minimum atomic E-state index is 0.0603. The van der Waals surface area contributed by atoms with Gasteiger partial charge in [0.2, 0.25) is 0 Å². The zero-order valence-electron chi connectivity index (χ0n) is 14.0. The van der Waals surface area contributed by atoms with Crippen molar-refractivity contribution in [3.05, 3.63) is 52.0 Å². The van der Waals surface area contributed by atoms with Crippen LogP contribution in [0, 0.1) is 6.92 Å². The maximum atomic E-state index is 12.7. The van der Waals surface area contributed by atoms with Gasteiger partial charge in [0.1, 0.15) is 4.83 Å². The molecule has 3 rings (SSSR count). The third-order valence-corrected chi connectivity index (χ3v) is 5.29. The first-order valence-electron chi connectivity index (χ1n) is 7.76. The van der Waals surface area contributed by atoms with Crippen molar-refractivity contribution < 1.29 is 4.79 Å². The fraction of sp³-hybridized carbons (Fsp3) is 0.333. The molecule has 0 saturated heterocycles. The second-order valence-corrected chi connectivity index (χ2v) is 6.90. The van der Waals surface area contributed by atoms with Gasteiger partial charge in [0, 0.05) is 26.0 Å². The van der Waals surface area contributed by atoms with E-state index >= 15 is 0 Å². The molecule has 0 spiro atoms. The molecule has 0 N–H and O–H groups in total. The largest absolute Gasteiger partial charge is 0.337 e. The number of benzene rings is 1. The Bertz CT molecular complexity index is 811. The fourth-order valence-corrected chi connectivity index (χ4v) is 3.84. The molecule has 2 aromatic heterocycles. The molecule has 0 fully saturated rings. The van der Waals surface area contributed by atoms with Crippen LogP contribution in [0.25, 0.3) is 10.2 Å². The Morgan fingerprint density at radius 3 is 2.52 bits per heavy atom. The molecular formula is C18H21N3OS. The molecular weight excluding hydrogens is 306 g/mol. The number of fused-ring (bicyclic) bond motifs is 1. The maximum Gasteiger partial charge on any atom is 0.264 e. The van der Waals surface area contributed by atoms with E-state index < -0.39 is 0 Å². The molecule has 0 unspecified atom stereocenters. The summed E-state index contributed by atoms with van der Waals surface area (Å²) in [5.74, 6) is 0.0603. The first kappa shape index (κ1) is 15.7. The number of aryl methyl sites for hydroxylation is 3. The first-order chi connectivity index (χ1) is 11.0. The van der Waals surface area contributed by atoms with Gasteiger partial charge < -0.3 is 4.90 Å². The monoisotopic (exact) mass is 327 g/mol. The third kappa shape index (κ3) is 3.01. The summed E-state index contributed by atoms with van der Waals surface area (Å²) in [5, 5.41) is 5.45. The summed E-state index contributed by atoms with van der Waals surface area (Å²) in [6.45, 7) is 4.74. The highest BCUT2D eigenvalue weighted by Gasteiger charge is 2.18. The summed E-state index contributed by atoms with van der Waals surface area (Å²) < 4.78 is 1.84. The van der Waals surface area contributed by atoms with Crippen LogP contribution < -0.4 is 0 Å². The molecule has 4 nitrogen and oxygen atoms in total. The van der Waals surface area contributed by atoms with Crippen molar-refractivity contribution >= 4 is 27.5 Å². The van der Waals surface area contributed by atoms with Crippen LogP contribution in [0.1, 0.15) is 33.4 Å². The Labute approximate surface area is 140 Å². The van der Waals surface area contributed by atoms with Crippen molar-refractivity contribution in [2.45, 2.75) is 26.8 Å². The lowest BCUT2D eigenvalue weighted by Crippen LogP contribution is -2.25. The van der Waals surface area contributed by atoms with Crippen LogP contribution in [-0.2, 0) is 20.0 Å². The van der Waals surface area contributed by atoms with Crippen molar-refractivity contribution in [3.8, 4) is 0 Å². The van der Waals surface area contributed by atoms with Crippen LogP contribution in [0.2, 0.25) is 0 Å². The van der Waals surface area contributed by atoms with Crippen LogP contribution >= 0.6 is 11.3 Å². The highest BCUT2D eigenvalue weighted by atomic mass is 32.1. The summed E-state index contributed by atoms with van der Waals surface area (Å²) in [5.41, 5.74) is 3.43. The van der Waals surface area contributed by atoms with Gasteiger partial charge in [-0.15, -0.1) is 11.3 Å². The number of rotatable bonds is 4. The zero-order valence-corrected chi connectivity index (χ0v) is 14.8. The van der Waals surface area contributed by atoms with Crippen LogP contribution in [0.4, 0.5) is 0 Å². The molecule has 0 radical (unpaired) electrons. The van der Waals surface area contributed by atoms with Gasteiger partial charge in [0.15, 0.2) is 0 Å². The summed E-state index contributed by atoms with van der Waals surface area (Å²) in [6.07, 6.45) is 1.03. The van der Waals surface area contributed by atoms with Crippen LogP contribution in [-0.4, -0.2) is 27.6 Å². The van der Waals surface area contributed by atoms with Crippen molar-refractivity contribution in [2.24, 2.45) is 7.05 Å². The molecule has 0 atom stereocenters. The van der Waals surface area contributed by atoms with Crippen LogP contribution in [0.5, 0.6) is 0 Å². The number of thiophene rings is 1. The molecule has 0 bridgehead atoms. The summed E-state index contributed by atoms with van der Waals surface area (Å²) in [6, 6.07) is 10.4. The number of amides is 1. The Hall–Kier alpha value is -2.14. The van der Waals surface area contributed by atoms with Gasteiger partial charge in [-0.1, -0.05) is 31.2 Å². The lowest BCUT2D eigenvalue weighted by atomic mass is 10.1. The summed E-state index contributed by atoms with van der Waals surface area (Å²) in [7, 11) is 3.77. The molecule has 5 heteroatoms. The molecule has 120 valence electrons. The quantitative estimate of drug-likeness (QED) is 0.731. The Morgan fingerprint density at radius 2 is 1.91 bits per heavy atom. The predicted octanol–water partition coefficient (Wildman–Crippen LogP) is 3.78. The highest BCUT2D eigenvalue weighted by molar-refractivity contribution is 7.20. The van der Waals surface area contributed by atoms with E-state index in [0.717, 1.165) is 32.8 Å². The third-order valence-electron chi connectivity index (χ3n) is 4.10. The molecule has 1 amide bonds. The van der Waals surface area contributed by atoms with E-state index in [1.165, 1.54) is 16.9 Å². The standard InChI is InChI=1S/C18H21N3OS/c1-5-13-6-8-14(9-7-13)11-20(3)17(22)16-10-15-12(2)19-21(4)18(15)23-16/h6-10H,5,11H2,1-4H3. The molecule has 23 heavy (non-hydrogen) atoms. The van der Waals surface area contributed by atoms with Crippen molar-refractivity contribution in [1.29, 1.82) is 0 Å². The van der Waals surface area contributed by atoms with Crippen molar-refractivity contribution in [1.82, 2.24) is 14.7 Å².